The third kappa shape index (κ3) is 3.99. The molecule has 0 radical (unpaired) electrons. The van der Waals surface area contributed by atoms with E-state index in [2.05, 4.69) is 12.1 Å². The number of carbonyl (C=O) groups is 1. The lowest BCUT2D eigenvalue weighted by Gasteiger charge is -2.31. The first-order valence-electron chi connectivity index (χ1n) is 7.74. The van der Waals surface area contributed by atoms with Crippen molar-refractivity contribution in [2.75, 3.05) is 6.61 Å². The molecule has 1 saturated heterocycles. The maximum absolute atomic E-state index is 12.4. The molecule has 2 aromatic carbocycles. The number of thioether (sulfide) groups is 1. The molecule has 1 aliphatic heterocycles. The van der Waals surface area contributed by atoms with Crippen molar-refractivity contribution in [2.45, 2.75) is 29.6 Å². The van der Waals surface area contributed by atoms with Gasteiger partial charge in [-0.15, -0.1) is 0 Å². The molecule has 1 aliphatic rings. The summed E-state index contributed by atoms with van der Waals surface area (Å²) in [5.41, 5.74) is 0.875. The summed E-state index contributed by atoms with van der Waals surface area (Å²) in [4.78, 5) is 13.6. The molecule has 3 heteroatoms. The smallest absolute Gasteiger partial charge is 0.163 e. The van der Waals surface area contributed by atoms with E-state index in [1.807, 2.05) is 48.5 Å². The Bertz CT molecular complexity index is 597. The molecule has 114 valence electrons. The summed E-state index contributed by atoms with van der Waals surface area (Å²) in [5, 5.41) is 0. The monoisotopic (exact) mass is 312 g/mol. The Kier molecular flexibility index (Phi) is 5.30. The summed E-state index contributed by atoms with van der Waals surface area (Å²) >= 11 is 1.74. The maximum atomic E-state index is 12.4. The first-order chi connectivity index (χ1) is 10.8. The van der Waals surface area contributed by atoms with Gasteiger partial charge in [0.2, 0.25) is 0 Å². The number of rotatable bonds is 5. The molecule has 0 amide bonds. The molecule has 0 spiro atoms. The van der Waals surface area contributed by atoms with Crippen molar-refractivity contribution in [2.24, 2.45) is 5.92 Å². The highest BCUT2D eigenvalue weighted by molar-refractivity contribution is 7.99. The third-order valence-electron chi connectivity index (χ3n) is 3.93. The fourth-order valence-corrected chi connectivity index (χ4v) is 3.93. The minimum atomic E-state index is 0.0730. The molecule has 2 aromatic rings. The second-order valence-corrected chi connectivity index (χ2v) is 6.74. The van der Waals surface area contributed by atoms with Crippen LogP contribution in [0.2, 0.25) is 0 Å². The van der Waals surface area contributed by atoms with Crippen molar-refractivity contribution in [1.29, 1.82) is 0 Å². The Labute approximate surface area is 135 Å². The molecule has 3 rings (SSSR count). The zero-order valence-electron chi connectivity index (χ0n) is 12.5. The first-order valence-corrected chi connectivity index (χ1v) is 8.62. The van der Waals surface area contributed by atoms with Gasteiger partial charge in [-0.2, -0.15) is 0 Å². The van der Waals surface area contributed by atoms with E-state index in [-0.39, 0.29) is 17.1 Å². The number of ether oxygens (including phenoxy) is 1. The fraction of sp³-hybridized carbons (Fsp3) is 0.316. The summed E-state index contributed by atoms with van der Waals surface area (Å²) in [7, 11) is 0. The van der Waals surface area contributed by atoms with Crippen molar-refractivity contribution < 1.29 is 9.53 Å². The molecule has 0 N–H and O–H groups in total. The summed E-state index contributed by atoms with van der Waals surface area (Å²) < 4.78 is 5.94. The van der Waals surface area contributed by atoms with Crippen molar-refractivity contribution in [3.63, 3.8) is 0 Å². The van der Waals surface area contributed by atoms with E-state index in [1.165, 1.54) is 4.90 Å². The molecular formula is C19H20O2S. The van der Waals surface area contributed by atoms with Gasteiger partial charge in [-0.05, 0) is 25.0 Å². The zero-order valence-corrected chi connectivity index (χ0v) is 13.3. The number of ketones is 1. The van der Waals surface area contributed by atoms with Crippen LogP contribution in [0.25, 0.3) is 0 Å². The Morgan fingerprint density at radius 1 is 1.05 bits per heavy atom. The molecular weight excluding hydrogens is 292 g/mol. The van der Waals surface area contributed by atoms with Crippen LogP contribution in [0.3, 0.4) is 0 Å². The van der Waals surface area contributed by atoms with Gasteiger partial charge in [0.25, 0.3) is 0 Å². The third-order valence-corrected chi connectivity index (χ3v) is 5.22. The van der Waals surface area contributed by atoms with E-state index in [4.69, 9.17) is 4.74 Å². The van der Waals surface area contributed by atoms with E-state index in [0.717, 1.165) is 25.0 Å². The van der Waals surface area contributed by atoms with E-state index < -0.39 is 0 Å². The van der Waals surface area contributed by atoms with E-state index in [0.29, 0.717) is 6.42 Å². The van der Waals surface area contributed by atoms with E-state index in [1.54, 1.807) is 11.8 Å². The molecule has 0 unspecified atom stereocenters. The zero-order chi connectivity index (χ0) is 15.2. The highest BCUT2D eigenvalue weighted by atomic mass is 32.2. The van der Waals surface area contributed by atoms with Crippen molar-refractivity contribution in [3.05, 3.63) is 66.2 Å². The van der Waals surface area contributed by atoms with Crippen LogP contribution in [0.5, 0.6) is 0 Å². The maximum Gasteiger partial charge on any atom is 0.163 e. The van der Waals surface area contributed by atoms with Gasteiger partial charge in [0, 0.05) is 29.4 Å². The van der Waals surface area contributed by atoms with Gasteiger partial charge >= 0.3 is 0 Å². The molecule has 22 heavy (non-hydrogen) atoms. The number of benzene rings is 2. The number of carbonyl (C=O) groups excluding carboxylic acids is 1. The van der Waals surface area contributed by atoms with Crippen LogP contribution in [0.15, 0.2) is 65.6 Å². The molecule has 0 bridgehead atoms. The van der Waals surface area contributed by atoms with E-state index in [9.17, 15) is 4.79 Å². The van der Waals surface area contributed by atoms with Gasteiger partial charge in [-0.1, -0.05) is 60.3 Å². The van der Waals surface area contributed by atoms with Crippen molar-refractivity contribution >= 4 is 17.5 Å². The molecule has 0 aliphatic carbocycles. The Balaban J connectivity index is 1.66. The Morgan fingerprint density at radius 3 is 2.45 bits per heavy atom. The van der Waals surface area contributed by atoms with Crippen LogP contribution in [-0.4, -0.2) is 17.8 Å². The Hall–Kier alpha value is -1.58. The lowest BCUT2D eigenvalue weighted by Crippen LogP contribution is -2.28. The van der Waals surface area contributed by atoms with Gasteiger partial charge in [0.15, 0.2) is 5.78 Å². The van der Waals surface area contributed by atoms with Crippen LogP contribution < -0.4 is 0 Å². The summed E-state index contributed by atoms with van der Waals surface area (Å²) in [6, 6.07) is 19.8. The predicted molar refractivity (Wildman–Crippen MR) is 90.2 cm³/mol. The first kappa shape index (κ1) is 15.3. The summed E-state index contributed by atoms with van der Waals surface area (Å²) in [6.45, 7) is 0.792. The number of Topliss-reactive ketones (excluding diaryl/α,β-unsaturated/α-hetero) is 1. The molecule has 1 heterocycles. The van der Waals surface area contributed by atoms with Crippen LogP contribution in [0.4, 0.5) is 0 Å². The standard InChI is InChI=1S/C19H20O2S/c20-18(15-8-3-1-4-9-15)14-16-10-7-13-21-19(16)22-17-11-5-2-6-12-17/h1-6,8-9,11-12,16,19H,7,10,13-14H2/t16-,19+/m1/s1. The largest absolute Gasteiger partial charge is 0.367 e. The highest BCUT2D eigenvalue weighted by Gasteiger charge is 2.29. The highest BCUT2D eigenvalue weighted by Crippen LogP contribution is 2.36. The molecule has 0 aromatic heterocycles. The summed E-state index contributed by atoms with van der Waals surface area (Å²) in [6.07, 6.45) is 2.66. The average molecular weight is 312 g/mol. The van der Waals surface area contributed by atoms with Gasteiger partial charge in [-0.3, -0.25) is 4.79 Å². The van der Waals surface area contributed by atoms with Gasteiger partial charge < -0.3 is 4.74 Å². The second kappa shape index (κ2) is 7.61. The SMILES string of the molecule is O=C(C[C@H]1CCCO[C@H]1Sc1ccccc1)c1ccccc1. The lowest BCUT2D eigenvalue weighted by molar-refractivity contribution is 0.0269. The minimum absolute atomic E-state index is 0.0730. The fourth-order valence-electron chi connectivity index (χ4n) is 2.76. The molecule has 1 fully saturated rings. The van der Waals surface area contributed by atoms with Crippen molar-refractivity contribution in [3.8, 4) is 0 Å². The topological polar surface area (TPSA) is 26.3 Å². The normalized spacial score (nSPS) is 21.5. The molecule has 0 saturated carbocycles. The lowest BCUT2D eigenvalue weighted by atomic mass is 9.93. The van der Waals surface area contributed by atoms with E-state index >= 15 is 0 Å². The van der Waals surface area contributed by atoms with Crippen LogP contribution in [-0.2, 0) is 4.74 Å². The van der Waals surface area contributed by atoms with Gasteiger partial charge in [0.05, 0.1) is 0 Å². The number of hydrogen-bond acceptors (Lipinski definition) is 3. The quantitative estimate of drug-likeness (QED) is 0.742. The second-order valence-electron chi connectivity index (χ2n) is 5.57. The Morgan fingerprint density at radius 2 is 1.73 bits per heavy atom. The number of hydrogen-bond donors (Lipinski definition) is 0. The molecule has 2 atom stereocenters. The van der Waals surface area contributed by atoms with Crippen LogP contribution >= 0.6 is 11.8 Å². The average Bonchev–Trinajstić information content (AvgIpc) is 2.58. The minimum Gasteiger partial charge on any atom is -0.367 e. The van der Waals surface area contributed by atoms with Gasteiger partial charge in [0.1, 0.15) is 5.44 Å². The van der Waals surface area contributed by atoms with Gasteiger partial charge in [-0.25, -0.2) is 0 Å². The van der Waals surface area contributed by atoms with Crippen LogP contribution in [0.1, 0.15) is 29.6 Å². The molecule has 2 nitrogen and oxygen atoms in total. The van der Waals surface area contributed by atoms with Crippen LogP contribution in [0, 0.1) is 5.92 Å². The summed E-state index contributed by atoms with van der Waals surface area (Å²) in [5.74, 6) is 0.501. The predicted octanol–water partition coefficient (Wildman–Crippen LogP) is 4.80. The van der Waals surface area contributed by atoms with Crippen molar-refractivity contribution in [1.82, 2.24) is 0 Å².